The van der Waals surface area contributed by atoms with Crippen molar-refractivity contribution in [3.8, 4) is 0 Å². The molecule has 0 heterocycles. The van der Waals surface area contributed by atoms with Crippen molar-refractivity contribution in [1.82, 2.24) is 0 Å². The standard InChI is InChI=1S/C17H22O3/c1-6-16(17(19)20)11-13(3)10-12(2)8-7-9-14(4)15(5)18/h6-11H,1-5H3,(H,19,20)/b8-7+,12-10+,13-11+,14-9+,16-6-. The number of rotatable bonds is 6. The number of hydrogen-bond donors (Lipinski definition) is 1. The Morgan fingerprint density at radius 3 is 2.00 bits per heavy atom. The molecular weight excluding hydrogens is 252 g/mol. The molecule has 0 radical (unpaired) electrons. The molecule has 0 aliphatic heterocycles. The topological polar surface area (TPSA) is 54.4 Å². The van der Waals surface area contributed by atoms with Crippen molar-refractivity contribution in [1.29, 1.82) is 0 Å². The summed E-state index contributed by atoms with van der Waals surface area (Å²) in [6, 6.07) is 0. The van der Waals surface area contributed by atoms with Gasteiger partial charge in [0.25, 0.3) is 0 Å². The lowest BCUT2D eigenvalue weighted by Crippen LogP contribution is -1.97. The highest BCUT2D eigenvalue weighted by Crippen LogP contribution is 2.08. The van der Waals surface area contributed by atoms with Crippen molar-refractivity contribution in [2.45, 2.75) is 34.6 Å². The summed E-state index contributed by atoms with van der Waals surface area (Å²) in [5.74, 6) is -0.889. The minimum atomic E-state index is -0.937. The highest BCUT2D eigenvalue weighted by molar-refractivity contribution is 5.92. The third-order valence-electron chi connectivity index (χ3n) is 2.66. The number of ketones is 1. The molecule has 0 aromatic heterocycles. The van der Waals surface area contributed by atoms with Crippen LogP contribution in [0.5, 0.6) is 0 Å². The van der Waals surface area contributed by atoms with Crippen LogP contribution in [0.3, 0.4) is 0 Å². The Morgan fingerprint density at radius 2 is 1.55 bits per heavy atom. The number of carboxylic acids is 1. The second-order valence-corrected chi connectivity index (χ2v) is 4.59. The van der Waals surface area contributed by atoms with Crippen LogP contribution in [0, 0.1) is 0 Å². The van der Waals surface area contributed by atoms with E-state index < -0.39 is 5.97 Å². The Kier molecular flexibility index (Phi) is 7.90. The highest BCUT2D eigenvalue weighted by atomic mass is 16.4. The van der Waals surface area contributed by atoms with Gasteiger partial charge in [0.2, 0.25) is 0 Å². The SMILES string of the molecule is C/C=C(/C=C(C)/C=C(C)/C=C/C=C(\C)C(C)=O)C(=O)O. The third-order valence-corrected chi connectivity index (χ3v) is 2.66. The van der Waals surface area contributed by atoms with E-state index in [0.29, 0.717) is 5.57 Å². The number of allylic oxidation sites excluding steroid dienone is 8. The summed E-state index contributed by atoms with van der Waals surface area (Å²) in [5, 5.41) is 8.92. The molecule has 3 nitrogen and oxygen atoms in total. The average molecular weight is 274 g/mol. The first-order valence-corrected chi connectivity index (χ1v) is 6.40. The van der Waals surface area contributed by atoms with E-state index in [-0.39, 0.29) is 11.4 Å². The molecule has 1 N–H and O–H groups in total. The van der Waals surface area contributed by atoms with E-state index in [1.165, 1.54) is 6.92 Å². The number of hydrogen-bond acceptors (Lipinski definition) is 2. The number of carboxylic acid groups (broad SMARTS) is 1. The maximum atomic E-state index is 11.0. The second-order valence-electron chi connectivity index (χ2n) is 4.59. The molecule has 0 saturated heterocycles. The molecule has 0 amide bonds. The zero-order chi connectivity index (χ0) is 15.7. The van der Waals surface area contributed by atoms with Crippen molar-refractivity contribution in [3.63, 3.8) is 0 Å². The molecule has 0 rings (SSSR count). The minimum absolute atomic E-state index is 0.0477. The number of aliphatic carboxylic acids is 1. The van der Waals surface area contributed by atoms with E-state index in [1.54, 1.807) is 32.1 Å². The van der Waals surface area contributed by atoms with Crippen LogP contribution in [0.4, 0.5) is 0 Å². The molecule has 0 unspecified atom stereocenters. The van der Waals surface area contributed by atoms with Crippen LogP contribution < -0.4 is 0 Å². The molecule has 108 valence electrons. The van der Waals surface area contributed by atoms with Gasteiger partial charge in [-0.15, -0.1) is 0 Å². The van der Waals surface area contributed by atoms with Crippen LogP contribution in [-0.2, 0) is 9.59 Å². The summed E-state index contributed by atoms with van der Waals surface area (Å²) < 4.78 is 0. The second kappa shape index (κ2) is 8.86. The van der Waals surface area contributed by atoms with Crippen LogP contribution in [0.1, 0.15) is 34.6 Å². The van der Waals surface area contributed by atoms with Crippen LogP contribution in [0.2, 0.25) is 0 Å². The van der Waals surface area contributed by atoms with Gasteiger partial charge in [-0.1, -0.05) is 41.5 Å². The number of Topliss-reactive ketones (excluding diaryl/α,β-unsaturated/α-hetero) is 1. The van der Waals surface area contributed by atoms with Gasteiger partial charge in [-0.25, -0.2) is 4.79 Å². The van der Waals surface area contributed by atoms with Crippen LogP contribution in [0.15, 0.2) is 58.7 Å². The van der Waals surface area contributed by atoms with Crippen molar-refractivity contribution < 1.29 is 14.7 Å². The predicted molar refractivity (Wildman–Crippen MR) is 82.5 cm³/mol. The molecule has 0 spiro atoms. The molecule has 0 aromatic rings. The lowest BCUT2D eigenvalue weighted by atomic mass is 10.1. The zero-order valence-corrected chi connectivity index (χ0v) is 12.7. The molecule has 20 heavy (non-hydrogen) atoms. The molecule has 0 aliphatic carbocycles. The van der Waals surface area contributed by atoms with Gasteiger partial charge < -0.3 is 5.11 Å². The first-order chi connectivity index (χ1) is 9.27. The molecule has 3 heteroatoms. The zero-order valence-electron chi connectivity index (χ0n) is 12.7. The van der Waals surface area contributed by atoms with Gasteiger partial charge >= 0.3 is 5.97 Å². The Labute approximate surface area is 120 Å². The lowest BCUT2D eigenvalue weighted by molar-refractivity contribution is -0.132. The van der Waals surface area contributed by atoms with Gasteiger partial charge in [-0.2, -0.15) is 0 Å². The molecular formula is C17H22O3. The maximum absolute atomic E-state index is 11.0. The minimum Gasteiger partial charge on any atom is -0.478 e. The Balaban J connectivity index is 4.95. The molecule has 0 bridgehead atoms. The fourth-order valence-electron chi connectivity index (χ4n) is 1.42. The van der Waals surface area contributed by atoms with Crippen LogP contribution in [-0.4, -0.2) is 16.9 Å². The monoisotopic (exact) mass is 274 g/mol. The largest absolute Gasteiger partial charge is 0.478 e. The summed E-state index contributed by atoms with van der Waals surface area (Å²) >= 11 is 0. The maximum Gasteiger partial charge on any atom is 0.335 e. The van der Waals surface area contributed by atoms with Gasteiger partial charge in [0.05, 0.1) is 5.57 Å². The Morgan fingerprint density at radius 1 is 0.950 bits per heavy atom. The van der Waals surface area contributed by atoms with Crippen molar-refractivity contribution in [2.75, 3.05) is 0 Å². The summed E-state index contributed by atoms with van der Waals surface area (Å²) in [6.07, 6.45) is 10.5. The van der Waals surface area contributed by atoms with Crippen LogP contribution >= 0.6 is 0 Å². The smallest absolute Gasteiger partial charge is 0.335 e. The van der Waals surface area contributed by atoms with Gasteiger partial charge in [-0.05, 0) is 46.3 Å². The third kappa shape index (κ3) is 7.31. The summed E-state index contributed by atoms with van der Waals surface area (Å²) in [4.78, 5) is 21.9. The van der Waals surface area contributed by atoms with Gasteiger partial charge in [-0.3, -0.25) is 4.79 Å². The summed E-state index contributed by atoms with van der Waals surface area (Å²) in [7, 11) is 0. The fraction of sp³-hybridized carbons (Fsp3) is 0.294. The quantitative estimate of drug-likeness (QED) is 0.588. The summed E-state index contributed by atoms with van der Waals surface area (Å²) in [6.45, 7) is 8.75. The van der Waals surface area contributed by atoms with Crippen molar-refractivity contribution in [3.05, 3.63) is 58.7 Å². The Bertz CT molecular complexity index is 526. The number of carbonyl (C=O) groups is 2. The molecule has 0 aromatic carbocycles. The van der Waals surface area contributed by atoms with Crippen molar-refractivity contribution >= 4 is 11.8 Å². The van der Waals surface area contributed by atoms with Gasteiger partial charge in [0, 0.05) is 0 Å². The van der Waals surface area contributed by atoms with E-state index in [2.05, 4.69) is 0 Å². The number of carbonyl (C=O) groups excluding carboxylic acids is 1. The molecule has 0 fully saturated rings. The lowest BCUT2D eigenvalue weighted by Gasteiger charge is -1.97. The fourth-order valence-corrected chi connectivity index (χ4v) is 1.42. The molecule has 0 aliphatic rings. The van der Waals surface area contributed by atoms with Gasteiger partial charge in [0.1, 0.15) is 0 Å². The highest BCUT2D eigenvalue weighted by Gasteiger charge is 2.01. The molecule has 0 saturated carbocycles. The van der Waals surface area contributed by atoms with E-state index >= 15 is 0 Å². The first kappa shape index (κ1) is 17.8. The predicted octanol–water partition coefficient (Wildman–Crippen LogP) is 4.00. The Hall–Kier alpha value is -2.16. The van der Waals surface area contributed by atoms with Crippen LogP contribution in [0.25, 0.3) is 0 Å². The van der Waals surface area contributed by atoms with Crippen molar-refractivity contribution in [2.24, 2.45) is 0 Å². The van der Waals surface area contributed by atoms with E-state index in [9.17, 15) is 9.59 Å². The van der Waals surface area contributed by atoms with E-state index in [1.807, 2.05) is 32.1 Å². The van der Waals surface area contributed by atoms with Gasteiger partial charge in [0.15, 0.2) is 5.78 Å². The van der Waals surface area contributed by atoms with E-state index in [4.69, 9.17) is 5.11 Å². The average Bonchev–Trinajstić information content (AvgIpc) is 2.35. The van der Waals surface area contributed by atoms with E-state index in [0.717, 1.165) is 11.1 Å². The molecule has 0 atom stereocenters. The normalized spacial score (nSPS) is 14.8. The first-order valence-electron chi connectivity index (χ1n) is 6.40. The summed E-state index contributed by atoms with van der Waals surface area (Å²) in [5.41, 5.74) is 2.80.